The van der Waals surface area contributed by atoms with E-state index < -0.39 is 22.0 Å². The van der Waals surface area contributed by atoms with E-state index in [4.69, 9.17) is 9.47 Å². The zero-order chi connectivity index (χ0) is 22.0. The molecule has 0 saturated heterocycles. The predicted octanol–water partition coefficient (Wildman–Crippen LogP) is 2.95. The minimum Gasteiger partial charge on any atom is -0.486 e. The van der Waals surface area contributed by atoms with Crippen LogP contribution in [-0.2, 0) is 14.8 Å². The fraction of sp³-hybridized carbons (Fsp3) is 0.273. The molecule has 9 heteroatoms. The molecule has 0 unspecified atom stereocenters. The van der Waals surface area contributed by atoms with Crippen LogP contribution in [0.1, 0.15) is 13.8 Å². The van der Waals surface area contributed by atoms with Crippen molar-refractivity contribution in [2.75, 3.05) is 18.5 Å². The van der Waals surface area contributed by atoms with Crippen LogP contribution >= 0.6 is 0 Å². The number of ether oxygens (including phenoxy) is 2. The van der Waals surface area contributed by atoms with Crippen LogP contribution in [0.2, 0.25) is 0 Å². The van der Waals surface area contributed by atoms with Crippen molar-refractivity contribution >= 4 is 32.5 Å². The molecule has 4 rings (SSSR count). The smallest absolute Gasteiger partial charge is 0.242 e. The number of nitrogens with one attached hydrogen (secondary N) is 2. The highest BCUT2D eigenvalue weighted by Gasteiger charge is 2.29. The lowest BCUT2D eigenvalue weighted by atomic mass is 10.0. The predicted molar refractivity (Wildman–Crippen MR) is 117 cm³/mol. The second-order valence-electron chi connectivity index (χ2n) is 7.55. The Hall–Kier alpha value is -3.17. The Morgan fingerprint density at radius 1 is 1.03 bits per heavy atom. The fourth-order valence-corrected chi connectivity index (χ4v) is 4.64. The van der Waals surface area contributed by atoms with E-state index in [9.17, 15) is 13.2 Å². The topological polar surface area (TPSA) is 107 Å². The van der Waals surface area contributed by atoms with E-state index in [1.165, 1.54) is 12.1 Å². The van der Waals surface area contributed by atoms with Gasteiger partial charge in [0.15, 0.2) is 11.5 Å². The highest BCUT2D eigenvalue weighted by molar-refractivity contribution is 7.89. The summed E-state index contributed by atoms with van der Waals surface area (Å²) in [7, 11) is -3.97. The molecule has 3 aromatic rings. The van der Waals surface area contributed by atoms with Crippen molar-refractivity contribution in [2.24, 2.45) is 5.92 Å². The van der Waals surface area contributed by atoms with Gasteiger partial charge in [-0.15, -0.1) is 0 Å². The van der Waals surface area contributed by atoms with Crippen LogP contribution < -0.4 is 19.5 Å². The zero-order valence-electron chi connectivity index (χ0n) is 17.2. The number of hydrogen-bond donors (Lipinski definition) is 2. The number of fused-ring (bicyclic) bond motifs is 2. The lowest BCUT2D eigenvalue weighted by Gasteiger charge is -2.23. The van der Waals surface area contributed by atoms with E-state index in [2.05, 4.69) is 15.0 Å². The first-order valence-electron chi connectivity index (χ1n) is 9.91. The summed E-state index contributed by atoms with van der Waals surface area (Å²) in [6.07, 6.45) is 1.55. The Kier molecular flexibility index (Phi) is 5.79. The number of rotatable bonds is 6. The molecule has 8 nitrogen and oxygen atoms in total. The molecule has 2 aromatic carbocycles. The maximum Gasteiger partial charge on any atom is 0.242 e. The lowest BCUT2D eigenvalue weighted by Crippen LogP contribution is -2.47. The van der Waals surface area contributed by atoms with Crippen LogP contribution in [0, 0.1) is 5.92 Å². The Labute approximate surface area is 180 Å². The minimum absolute atomic E-state index is 0.00238. The number of para-hydroxylation sites is 1. The van der Waals surface area contributed by atoms with Crippen molar-refractivity contribution in [1.82, 2.24) is 9.71 Å². The molecule has 2 N–H and O–H groups in total. The molecular formula is C22H23N3O5S. The second-order valence-corrected chi connectivity index (χ2v) is 9.27. The van der Waals surface area contributed by atoms with Crippen molar-refractivity contribution in [2.45, 2.75) is 24.8 Å². The molecule has 0 saturated carbocycles. The molecule has 1 amide bonds. The first-order valence-corrected chi connectivity index (χ1v) is 11.4. The molecule has 1 aromatic heterocycles. The number of carbonyl (C=O) groups is 1. The van der Waals surface area contributed by atoms with E-state index in [-0.39, 0.29) is 10.8 Å². The number of hydrogen-bond acceptors (Lipinski definition) is 6. The van der Waals surface area contributed by atoms with Crippen molar-refractivity contribution in [3.05, 3.63) is 54.7 Å². The zero-order valence-corrected chi connectivity index (χ0v) is 18.0. The highest BCUT2D eigenvalue weighted by Crippen LogP contribution is 2.32. The Bertz CT molecular complexity index is 1230. The van der Waals surface area contributed by atoms with Gasteiger partial charge in [-0.3, -0.25) is 9.78 Å². The average molecular weight is 442 g/mol. The molecule has 0 fully saturated rings. The van der Waals surface area contributed by atoms with Gasteiger partial charge in [-0.05, 0) is 30.2 Å². The molecule has 0 aliphatic carbocycles. The third-order valence-corrected chi connectivity index (χ3v) is 6.35. The number of pyridine rings is 1. The lowest BCUT2D eigenvalue weighted by molar-refractivity contribution is -0.118. The number of anilines is 1. The van der Waals surface area contributed by atoms with Crippen molar-refractivity contribution in [3.8, 4) is 11.5 Å². The summed E-state index contributed by atoms with van der Waals surface area (Å²) in [6.45, 7) is 4.31. The van der Waals surface area contributed by atoms with Gasteiger partial charge in [0.05, 0.1) is 22.3 Å². The first kappa shape index (κ1) is 21.1. The SMILES string of the molecule is CC(C)[C@@H](NS(=O)(=O)c1ccc2c(c1)OCCO2)C(=O)Nc1cnc2ccccc2c1. The van der Waals surface area contributed by atoms with Crippen LogP contribution in [0.5, 0.6) is 11.5 Å². The monoisotopic (exact) mass is 441 g/mol. The van der Waals surface area contributed by atoms with Crippen molar-refractivity contribution in [3.63, 3.8) is 0 Å². The second kappa shape index (κ2) is 8.52. The van der Waals surface area contributed by atoms with Gasteiger partial charge >= 0.3 is 0 Å². The third kappa shape index (κ3) is 4.62. The molecule has 0 bridgehead atoms. The largest absolute Gasteiger partial charge is 0.486 e. The van der Waals surface area contributed by atoms with Gasteiger partial charge in [0.1, 0.15) is 19.3 Å². The average Bonchev–Trinajstić information content (AvgIpc) is 2.77. The van der Waals surface area contributed by atoms with E-state index in [1.807, 2.05) is 24.3 Å². The fourth-order valence-electron chi connectivity index (χ4n) is 3.28. The van der Waals surface area contributed by atoms with Gasteiger partial charge in [-0.1, -0.05) is 32.0 Å². The van der Waals surface area contributed by atoms with Gasteiger partial charge in [0, 0.05) is 11.5 Å². The molecule has 0 radical (unpaired) electrons. The Balaban J connectivity index is 1.54. The summed E-state index contributed by atoms with van der Waals surface area (Å²) < 4.78 is 39.4. The molecule has 1 atom stereocenters. The standard InChI is InChI=1S/C22H23N3O5S/c1-14(2)21(22(26)24-16-11-15-5-3-4-6-18(15)23-13-16)25-31(27,28)17-7-8-19-20(12-17)30-10-9-29-19/h3-8,11-14,21,25H,9-10H2,1-2H3,(H,24,26)/t21-/m1/s1. The van der Waals surface area contributed by atoms with Gasteiger partial charge < -0.3 is 14.8 Å². The maximum absolute atomic E-state index is 13.0. The maximum atomic E-state index is 13.0. The number of benzene rings is 2. The summed E-state index contributed by atoms with van der Waals surface area (Å²) >= 11 is 0. The molecule has 31 heavy (non-hydrogen) atoms. The quantitative estimate of drug-likeness (QED) is 0.609. The minimum atomic E-state index is -3.97. The van der Waals surface area contributed by atoms with Crippen molar-refractivity contribution in [1.29, 1.82) is 0 Å². The molecule has 0 spiro atoms. The molecule has 2 heterocycles. The van der Waals surface area contributed by atoms with Gasteiger partial charge in [0.25, 0.3) is 0 Å². The molecule has 1 aliphatic heterocycles. The number of sulfonamides is 1. The Morgan fingerprint density at radius 2 is 1.77 bits per heavy atom. The first-order chi connectivity index (χ1) is 14.8. The van der Waals surface area contributed by atoms with E-state index in [0.717, 1.165) is 10.9 Å². The normalized spacial score (nSPS) is 14.4. The summed E-state index contributed by atoms with van der Waals surface area (Å²) in [5.74, 6) is 0.0997. The summed E-state index contributed by atoms with van der Waals surface area (Å²) in [4.78, 5) is 17.2. The van der Waals surface area contributed by atoms with Gasteiger partial charge in [-0.25, -0.2) is 8.42 Å². The van der Waals surface area contributed by atoms with Crippen molar-refractivity contribution < 1.29 is 22.7 Å². The Morgan fingerprint density at radius 3 is 2.55 bits per heavy atom. The van der Waals surface area contributed by atoms with Gasteiger partial charge in [-0.2, -0.15) is 4.72 Å². The van der Waals surface area contributed by atoms with Crippen LogP contribution in [0.3, 0.4) is 0 Å². The van der Waals surface area contributed by atoms with Gasteiger partial charge in [0.2, 0.25) is 15.9 Å². The molecule has 162 valence electrons. The van der Waals surface area contributed by atoms with Crippen LogP contribution in [0.25, 0.3) is 10.9 Å². The summed E-state index contributed by atoms with van der Waals surface area (Å²) in [5, 5.41) is 3.64. The number of nitrogens with zero attached hydrogens (tertiary/aromatic N) is 1. The highest BCUT2D eigenvalue weighted by atomic mass is 32.2. The molecular weight excluding hydrogens is 418 g/mol. The third-order valence-electron chi connectivity index (χ3n) is 4.91. The van der Waals surface area contributed by atoms with Crippen LogP contribution in [0.4, 0.5) is 5.69 Å². The summed E-state index contributed by atoms with van der Waals surface area (Å²) in [5.41, 5.74) is 1.30. The van der Waals surface area contributed by atoms with Crippen LogP contribution in [0.15, 0.2) is 59.6 Å². The number of aromatic nitrogens is 1. The summed E-state index contributed by atoms with van der Waals surface area (Å²) in [6, 6.07) is 12.7. The number of amides is 1. The van der Waals surface area contributed by atoms with Crippen LogP contribution in [-0.4, -0.2) is 38.6 Å². The van der Waals surface area contributed by atoms with E-state index >= 15 is 0 Å². The van der Waals surface area contributed by atoms with E-state index in [0.29, 0.717) is 30.4 Å². The number of carbonyl (C=O) groups excluding carboxylic acids is 1. The molecule has 1 aliphatic rings. The van der Waals surface area contributed by atoms with E-state index in [1.54, 1.807) is 32.2 Å².